The molecule has 1 heterocycles. The normalized spacial score (nSPS) is 10.4. The summed E-state index contributed by atoms with van der Waals surface area (Å²) in [4.78, 5) is 11.1. The van der Waals surface area contributed by atoms with E-state index >= 15 is 0 Å². The second kappa shape index (κ2) is 3.84. The van der Waals surface area contributed by atoms with Crippen molar-refractivity contribution in [3.63, 3.8) is 0 Å². The van der Waals surface area contributed by atoms with E-state index in [1.165, 1.54) is 0 Å². The third-order valence-corrected chi connectivity index (χ3v) is 2.49. The summed E-state index contributed by atoms with van der Waals surface area (Å²) in [7, 11) is 0. The summed E-state index contributed by atoms with van der Waals surface area (Å²) in [6.07, 6.45) is 1.75. The van der Waals surface area contributed by atoms with Crippen molar-refractivity contribution in [2.24, 2.45) is 0 Å². The molecule has 0 unspecified atom stereocenters. The fourth-order valence-electron chi connectivity index (χ4n) is 1.28. The summed E-state index contributed by atoms with van der Waals surface area (Å²) in [5, 5.41) is 2.71. The third-order valence-electron chi connectivity index (χ3n) is 1.93. The zero-order valence-corrected chi connectivity index (χ0v) is 8.99. The van der Waals surface area contributed by atoms with Crippen molar-refractivity contribution < 1.29 is 0 Å². The Kier molecular flexibility index (Phi) is 2.54. The summed E-state index contributed by atoms with van der Waals surface area (Å²) < 4.78 is 2.32. The number of hydrogen-bond donors (Lipinski definition) is 1. The molecule has 0 spiro atoms. The van der Waals surface area contributed by atoms with Crippen molar-refractivity contribution in [3.05, 3.63) is 56.9 Å². The van der Waals surface area contributed by atoms with Gasteiger partial charge in [0, 0.05) is 6.20 Å². The van der Waals surface area contributed by atoms with E-state index in [-0.39, 0.29) is 5.56 Å². The highest BCUT2D eigenvalue weighted by atomic mass is 79.9. The van der Waals surface area contributed by atoms with Crippen LogP contribution in [0.5, 0.6) is 0 Å². The zero-order chi connectivity index (χ0) is 9.97. The average Bonchev–Trinajstić information content (AvgIpc) is 2.47. The summed E-state index contributed by atoms with van der Waals surface area (Å²) >= 11 is 3.16. The van der Waals surface area contributed by atoms with Gasteiger partial charge in [-0.2, -0.15) is 0 Å². The number of aromatic nitrogens is 2. The predicted molar refractivity (Wildman–Crippen MR) is 58.3 cm³/mol. The molecule has 14 heavy (non-hydrogen) atoms. The molecule has 4 heteroatoms. The number of H-pyrrole nitrogens is 1. The Bertz CT molecular complexity index is 472. The van der Waals surface area contributed by atoms with Crippen LogP contribution in [-0.4, -0.2) is 9.78 Å². The topological polar surface area (TPSA) is 37.8 Å². The molecule has 2 rings (SSSR count). The van der Waals surface area contributed by atoms with Crippen LogP contribution in [-0.2, 0) is 6.54 Å². The van der Waals surface area contributed by atoms with Crippen molar-refractivity contribution >= 4 is 15.9 Å². The summed E-state index contributed by atoms with van der Waals surface area (Å²) in [6, 6.07) is 9.97. The van der Waals surface area contributed by atoms with Crippen LogP contribution in [0.4, 0.5) is 0 Å². The number of rotatable bonds is 2. The van der Waals surface area contributed by atoms with Crippen LogP contribution in [0, 0.1) is 0 Å². The lowest BCUT2D eigenvalue weighted by atomic mass is 10.2. The molecule has 0 radical (unpaired) electrons. The molecule has 0 aliphatic carbocycles. The second-order valence-electron chi connectivity index (χ2n) is 3.03. The first-order chi connectivity index (χ1) is 6.75. The molecular weight excluding hydrogens is 244 g/mol. The van der Waals surface area contributed by atoms with Gasteiger partial charge in [0.05, 0.1) is 6.54 Å². The third kappa shape index (κ3) is 1.96. The van der Waals surface area contributed by atoms with Crippen molar-refractivity contribution in [1.29, 1.82) is 0 Å². The SMILES string of the molecule is O=c1[nH]n(Cc2ccccc2)cc1Br. The molecule has 3 nitrogen and oxygen atoms in total. The van der Waals surface area contributed by atoms with Gasteiger partial charge in [-0.05, 0) is 21.5 Å². The molecule has 72 valence electrons. The first kappa shape index (κ1) is 9.27. The molecule has 0 saturated carbocycles. The number of benzene rings is 1. The van der Waals surface area contributed by atoms with Gasteiger partial charge < -0.3 is 0 Å². The van der Waals surface area contributed by atoms with E-state index < -0.39 is 0 Å². The van der Waals surface area contributed by atoms with Gasteiger partial charge in [0.15, 0.2) is 0 Å². The number of aromatic amines is 1. The van der Waals surface area contributed by atoms with Crippen molar-refractivity contribution in [2.75, 3.05) is 0 Å². The second-order valence-corrected chi connectivity index (χ2v) is 3.89. The summed E-state index contributed by atoms with van der Waals surface area (Å²) in [6.45, 7) is 0.682. The molecule has 0 aliphatic heterocycles. The van der Waals surface area contributed by atoms with Crippen LogP contribution < -0.4 is 5.56 Å². The molecule has 0 amide bonds. The number of hydrogen-bond acceptors (Lipinski definition) is 1. The van der Waals surface area contributed by atoms with E-state index in [0.29, 0.717) is 11.0 Å². The van der Waals surface area contributed by atoms with Gasteiger partial charge in [0.2, 0.25) is 0 Å². The van der Waals surface area contributed by atoms with Gasteiger partial charge in [-0.3, -0.25) is 14.6 Å². The Morgan fingerprint density at radius 2 is 2.00 bits per heavy atom. The minimum absolute atomic E-state index is 0.0964. The molecule has 0 aliphatic rings. The zero-order valence-electron chi connectivity index (χ0n) is 7.40. The molecular formula is C10H9BrN2O. The van der Waals surface area contributed by atoms with E-state index in [2.05, 4.69) is 21.0 Å². The quantitative estimate of drug-likeness (QED) is 0.873. The lowest BCUT2D eigenvalue weighted by molar-refractivity contribution is 0.679. The standard InChI is InChI=1S/C10H9BrN2O/c11-9-7-13(12-10(9)14)6-8-4-2-1-3-5-8/h1-5,7H,6H2,(H,12,14). The van der Waals surface area contributed by atoms with Gasteiger partial charge >= 0.3 is 0 Å². The average molecular weight is 253 g/mol. The predicted octanol–water partition coefficient (Wildman–Crippen LogP) is 1.99. The Labute approximate surface area is 89.5 Å². The minimum atomic E-state index is -0.0964. The van der Waals surface area contributed by atoms with Crippen LogP contribution in [0.3, 0.4) is 0 Å². The fourth-order valence-corrected chi connectivity index (χ4v) is 1.61. The van der Waals surface area contributed by atoms with Gasteiger partial charge in [-0.25, -0.2) is 0 Å². The molecule has 1 aromatic heterocycles. The highest BCUT2D eigenvalue weighted by molar-refractivity contribution is 9.10. The fraction of sp³-hybridized carbons (Fsp3) is 0.100. The summed E-state index contributed by atoms with van der Waals surface area (Å²) in [5.74, 6) is 0. The van der Waals surface area contributed by atoms with Gasteiger partial charge in [-0.1, -0.05) is 30.3 Å². The largest absolute Gasteiger partial charge is 0.287 e. The molecule has 1 aromatic carbocycles. The van der Waals surface area contributed by atoms with Gasteiger partial charge in [-0.15, -0.1) is 0 Å². The van der Waals surface area contributed by atoms with Crippen molar-refractivity contribution in [2.45, 2.75) is 6.54 Å². The van der Waals surface area contributed by atoms with Crippen LogP contribution in [0.2, 0.25) is 0 Å². The molecule has 2 aromatic rings. The van der Waals surface area contributed by atoms with Crippen LogP contribution in [0.25, 0.3) is 0 Å². The molecule has 0 fully saturated rings. The molecule has 0 saturated heterocycles. The van der Waals surface area contributed by atoms with Gasteiger partial charge in [0.1, 0.15) is 4.47 Å². The maximum Gasteiger partial charge on any atom is 0.278 e. The van der Waals surface area contributed by atoms with Crippen molar-refractivity contribution in [1.82, 2.24) is 9.78 Å². The smallest absolute Gasteiger partial charge is 0.278 e. The number of nitrogens with one attached hydrogen (secondary N) is 1. The minimum Gasteiger partial charge on any atom is -0.287 e. The Balaban J connectivity index is 2.23. The van der Waals surface area contributed by atoms with E-state index in [0.717, 1.165) is 5.56 Å². The Hall–Kier alpha value is -1.29. The molecule has 0 bridgehead atoms. The van der Waals surface area contributed by atoms with E-state index in [9.17, 15) is 4.79 Å². The Morgan fingerprint density at radius 3 is 2.57 bits per heavy atom. The number of halogens is 1. The number of nitrogens with zero attached hydrogens (tertiary/aromatic N) is 1. The lowest BCUT2D eigenvalue weighted by Gasteiger charge is -2.01. The monoisotopic (exact) mass is 252 g/mol. The van der Waals surface area contributed by atoms with E-state index in [4.69, 9.17) is 0 Å². The summed E-state index contributed by atoms with van der Waals surface area (Å²) in [5.41, 5.74) is 1.06. The van der Waals surface area contributed by atoms with E-state index in [1.54, 1.807) is 10.9 Å². The maximum atomic E-state index is 11.1. The van der Waals surface area contributed by atoms with Gasteiger partial charge in [0.25, 0.3) is 5.56 Å². The highest BCUT2D eigenvalue weighted by Gasteiger charge is 1.99. The maximum absolute atomic E-state index is 11.1. The molecule has 0 atom stereocenters. The van der Waals surface area contributed by atoms with Crippen molar-refractivity contribution in [3.8, 4) is 0 Å². The van der Waals surface area contributed by atoms with E-state index in [1.807, 2.05) is 30.3 Å². The molecule has 1 N–H and O–H groups in total. The highest BCUT2D eigenvalue weighted by Crippen LogP contribution is 2.04. The van der Waals surface area contributed by atoms with Crippen LogP contribution in [0.15, 0.2) is 45.8 Å². The first-order valence-electron chi connectivity index (χ1n) is 4.24. The van der Waals surface area contributed by atoms with Crippen LogP contribution in [0.1, 0.15) is 5.56 Å². The Morgan fingerprint density at radius 1 is 1.29 bits per heavy atom. The first-order valence-corrected chi connectivity index (χ1v) is 5.04. The lowest BCUT2D eigenvalue weighted by Crippen LogP contribution is -2.06. The van der Waals surface area contributed by atoms with Crippen LogP contribution >= 0.6 is 15.9 Å².